The summed E-state index contributed by atoms with van der Waals surface area (Å²) in [6.45, 7) is 4.48. The highest BCUT2D eigenvalue weighted by atomic mass is 15.3. The standard InChI is InChI=1S/C14H16N4/c1-2-4-13-10(3-1)7-16-14(17-13)18-8-11-5-15-6-12(11)9-18/h1-4,7,11-12,15H,5-6,8-9H2. The van der Waals surface area contributed by atoms with Crippen LogP contribution in [0.2, 0.25) is 0 Å². The molecule has 2 atom stereocenters. The second-order valence-electron chi connectivity index (χ2n) is 5.31. The van der Waals surface area contributed by atoms with Crippen molar-refractivity contribution in [2.24, 2.45) is 11.8 Å². The predicted octanol–water partition coefficient (Wildman–Crippen LogP) is 1.29. The number of hydrogen-bond acceptors (Lipinski definition) is 4. The van der Waals surface area contributed by atoms with Gasteiger partial charge >= 0.3 is 0 Å². The summed E-state index contributed by atoms with van der Waals surface area (Å²) in [4.78, 5) is 11.5. The lowest BCUT2D eigenvalue weighted by atomic mass is 10.0. The summed E-state index contributed by atoms with van der Waals surface area (Å²) in [5, 5.41) is 4.57. The molecule has 4 heteroatoms. The second kappa shape index (κ2) is 3.92. The third-order valence-corrected chi connectivity index (χ3v) is 4.15. The molecule has 4 rings (SSSR count). The SMILES string of the molecule is c1ccc2nc(N3CC4CNCC4C3)ncc2c1. The van der Waals surface area contributed by atoms with Crippen LogP contribution in [-0.4, -0.2) is 36.1 Å². The summed E-state index contributed by atoms with van der Waals surface area (Å²) >= 11 is 0. The van der Waals surface area contributed by atoms with Crippen molar-refractivity contribution in [2.75, 3.05) is 31.1 Å². The minimum atomic E-state index is 0.778. The van der Waals surface area contributed by atoms with Gasteiger partial charge in [-0.05, 0) is 17.9 Å². The van der Waals surface area contributed by atoms with Crippen LogP contribution in [0.15, 0.2) is 30.5 Å². The first-order chi connectivity index (χ1) is 8.90. The number of benzene rings is 1. The van der Waals surface area contributed by atoms with E-state index in [9.17, 15) is 0 Å². The molecule has 2 aromatic rings. The summed E-state index contributed by atoms with van der Waals surface area (Å²) < 4.78 is 0. The van der Waals surface area contributed by atoms with Crippen LogP contribution in [0.4, 0.5) is 5.95 Å². The molecule has 4 nitrogen and oxygen atoms in total. The number of nitrogens with zero attached hydrogens (tertiary/aromatic N) is 3. The molecular formula is C14H16N4. The number of aromatic nitrogens is 2. The average molecular weight is 240 g/mol. The first-order valence-corrected chi connectivity index (χ1v) is 6.57. The lowest BCUT2D eigenvalue weighted by Gasteiger charge is -2.17. The molecule has 0 saturated carbocycles. The van der Waals surface area contributed by atoms with Gasteiger partial charge in [0.1, 0.15) is 0 Å². The van der Waals surface area contributed by atoms with Crippen LogP contribution in [0.25, 0.3) is 10.9 Å². The van der Waals surface area contributed by atoms with Crippen molar-refractivity contribution in [1.82, 2.24) is 15.3 Å². The maximum Gasteiger partial charge on any atom is 0.225 e. The molecular weight excluding hydrogens is 224 g/mol. The molecule has 0 aliphatic carbocycles. The van der Waals surface area contributed by atoms with Crippen molar-refractivity contribution in [3.05, 3.63) is 30.5 Å². The number of anilines is 1. The van der Waals surface area contributed by atoms with Gasteiger partial charge in [-0.3, -0.25) is 0 Å². The van der Waals surface area contributed by atoms with Crippen LogP contribution < -0.4 is 10.2 Å². The van der Waals surface area contributed by atoms with Gasteiger partial charge in [0.25, 0.3) is 0 Å². The number of nitrogens with one attached hydrogen (secondary N) is 1. The quantitative estimate of drug-likeness (QED) is 0.815. The van der Waals surface area contributed by atoms with E-state index in [1.807, 2.05) is 18.3 Å². The maximum absolute atomic E-state index is 4.68. The Morgan fingerprint density at radius 1 is 1.11 bits per heavy atom. The Labute approximate surface area is 106 Å². The van der Waals surface area contributed by atoms with Gasteiger partial charge in [0, 0.05) is 37.8 Å². The fraction of sp³-hybridized carbons (Fsp3) is 0.429. The summed E-state index contributed by atoms with van der Waals surface area (Å²) in [6.07, 6.45) is 1.93. The molecule has 1 aromatic heterocycles. The number of para-hydroxylation sites is 1. The second-order valence-corrected chi connectivity index (χ2v) is 5.31. The van der Waals surface area contributed by atoms with Crippen LogP contribution in [0.1, 0.15) is 0 Å². The minimum absolute atomic E-state index is 0.778. The van der Waals surface area contributed by atoms with E-state index in [1.165, 1.54) is 0 Å². The lowest BCUT2D eigenvalue weighted by molar-refractivity contribution is 0.533. The van der Waals surface area contributed by atoms with Gasteiger partial charge in [-0.2, -0.15) is 0 Å². The van der Waals surface area contributed by atoms with E-state index in [0.29, 0.717) is 0 Å². The Hall–Kier alpha value is -1.68. The number of fused-ring (bicyclic) bond motifs is 2. The van der Waals surface area contributed by atoms with Gasteiger partial charge in [0.2, 0.25) is 5.95 Å². The molecule has 2 unspecified atom stereocenters. The minimum Gasteiger partial charge on any atom is -0.340 e. The third kappa shape index (κ3) is 1.56. The van der Waals surface area contributed by atoms with Crippen molar-refractivity contribution in [3.8, 4) is 0 Å². The molecule has 0 amide bonds. The van der Waals surface area contributed by atoms with Gasteiger partial charge in [0.05, 0.1) is 5.52 Å². The first-order valence-electron chi connectivity index (χ1n) is 6.57. The van der Waals surface area contributed by atoms with E-state index in [2.05, 4.69) is 32.3 Å². The molecule has 2 fully saturated rings. The zero-order valence-corrected chi connectivity index (χ0v) is 10.2. The predicted molar refractivity (Wildman–Crippen MR) is 71.6 cm³/mol. The summed E-state index contributed by atoms with van der Waals surface area (Å²) in [5.41, 5.74) is 1.04. The third-order valence-electron chi connectivity index (χ3n) is 4.15. The summed E-state index contributed by atoms with van der Waals surface area (Å²) in [5.74, 6) is 2.45. The van der Waals surface area contributed by atoms with Gasteiger partial charge < -0.3 is 10.2 Å². The topological polar surface area (TPSA) is 41.1 Å². The highest BCUT2D eigenvalue weighted by Crippen LogP contribution is 2.29. The molecule has 3 heterocycles. The van der Waals surface area contributed by atoms with E-state index in [-0.39, 0.29) is 0 Å². The van der Waals surface area contributed by atoms with Crippen LogP contribution >= 0.6 is 0 Å². The van der Waals surface area contributed by atoms with Crippen LogP contribution in [0.5, 0.6) is 0 Å². The Bertz CT molecular complexity index is 571. The largest absolute Gasteiger partial charge is 0.340 e. The fourth-order valence-electron chi connectivity index (χ4n) is 3.13. The molecule has 0 spiro atoms. The van der Waals surface area contributed by atoms with Gasteiger partial charge in [-0.15, -0.1) is 0 Å². The normalized spacial score (nSPS) is 26.8. The lowest BCUT2D eigenvalue weighted by Crippen LogP contribution is -2.26. The fourth-order valence-corrected chi connectivity index (χ4v) is 3.13. The van der Waals surface area contributed by atoms with E-state index < -0.39 is 0 Å². The highest BCUT2D eigenvalue weighted by molar-refractivity contribution is 5.78. The Kier molecular flexibility index (Phi) is 2.23. The Morgan fingerprint density at radius 3 is 2.72 bits per heavy atom. The highest BCUT2D eigenvalue weighted by Gasteiger charge is 2.36. The summed E-state index contributed by atoms with van der Waals surface area (Å²) in [7, 11) is 0. The molecule has 1 aromatic carbocycles. The van der Waals surface area contributed by atoms with E-state index in [4.69, 9.17) is 0 Å². The first kappa shape index (κ1) is 10.3. The van der Waals surface area contributed by atoms with Crippen molar-refractivity contribution < 1.29 is 0 Å². The molecule has 0 bridgehead atoms. The summed E-state index contributed by atoms with van der Waals surface area (Å²) in [6, 6.07) is 8.17. The Morgan fingerprint density at radius 2 is 1.89 bits per heavy atom. The smallest absolute Gasteiger partial charge is 0.225 e. The average Bonchev–Trinajstić information content (AvgIpc) is 2.99. The molecule has 2 aliphatic heterocycles. The van der Waals surface area contributed by atoms with Gasteiger partial charge in [-0.25, -0.2) is 9.97 Å². The van der Waals surface area contributed by atoms with Gasteiger partial charge in [0.15, 0.2) is 0 Å². The molecule has 18 heavy (non-hydrogen) atoms. The van der Waals surface area contributed by atoms with Gasteiger partial charge in [-0.1, -0.05) is 18.2 Å². The molecule has 0 radical (unpaired) electrons. The van der Waals surface area contributed by atoms with Crippen LogP contribution in [-0.2, 0) is 0 Å². The van der Waals surface area contributed by atoms with Crippen molar-refractivity contribution in [2.45, 2.75) is 0 Å². The zero-order chi connectivity index (χ0) is 11.9. The number of rotatable bonds is 1. The zero-order valence-electron chi connectivity index (χ0n) is 10.2. The van der Waals surface area contributed by atoms with E-state index in [1.54, 1.807) is 0 Å². The van der Waals surface area contributed by atoms with E-state index in [0.717, 1.165) is 54.9 Å². The van der Waals surface area contributed by atoms with Crippen molar-refractivity contribution in [3.63, 3.8) is 0 Å². The Balaban J connectivity index is 1.67. The molecule has 1 N–H and O–H groups in total. The molecule has 2 saturated heterocycles. The molecule has 2 aliphatic rings. The van der Waals surface area contributed by atoms with Crippen molar-refractivity contribution >= 4 is 16.9 Å². The van der Waals surface area contributed by atoms with Crippen molar-refractivity contribution in [1.29, 1.82) is 0 Å². The monoisotopic (exact) mass is 240 g/mol. The number of hydrogen-bond donors (Lipinski definition) is 1. The van der Waals surface area contributed by atoms with Crippen LogP contribution in [0.3, 0.4) is 0 Å². The molecule has 92 valence electrons. The maximum atomic E-state index is 4.68. The van der Waals surface area contributed by atoms with E-state index >= 15 is 0 Å². The van der Waals surface area contributed by atoms with Crippen LogP contribution in [0, 0.1) is 11.8 Å².